The molecule has 2 rings (SSSR count). The summed E-state index contributed by atoms with van der Waals surface area (Å²) in [5.74, 6) is 0.896. The predicted octanol–water partition coefficient (Wildman–Crippen LogP) is 3.94. The first-order chi connectivity index (χ1) is 9.61. The molecule has 0 saturated carbocycles. The number of hydrogen-bond donors (Lipinski definition) is 1. The Bertz CT molecular complexity index is 560. The molecule has 0 aliphatic heterocycles. The molecule has 0 saturated heterocycles. The van der Waals surface area contributed by atoms with Crippen molar-refractivity contribution in [2.75, 3.05) is 7.11 Å². The van der Waals surface area contributed by atoms with Crippen LogP contribution in [0.15, 0.2) is 42.5 Å². The zero-order chi connectivity index (χ0) is 14.5. The molecule has 0 aliphatic carbocycles. The lowest BCUT2D eigenvalue weighted by Crippen LogP contribution is -2.13. The van der Waals surface area contributed by atoms with Crippen LogP contribution in [-0.4, -0.2) is 7.11 Å². The average Bonchev–Trinajstić information content (AvgIpc) is 2.48. The summed E-state index contributed by atoms with van der Waals surface area (Å²) in [4.78, 5) is 0. The molecular weight excluding hydrogens is 246 g/mol. The van der Waals surface area contributed by atoms with Crippen LogP contribution in [0.2, 0.25) is 0 Å². The van der Waals surface area contributed by atoms with Gasteiger partial charge < -0.3 is 10.5 Å². The topological polar surface area (TPSA) is 35.2 Å². The zero-order valence-corrected chi connectivity index (χ0v) is 12.5. The third kappa shape index (κ3) is 3.40. The van der Waals surface area contributed by atoms with E-state index >= 15 is 0 Å². The van der Waals surface area contributed by atoms with Gasteiger partial charge in [-0.1, -0.05) is 30.3 Å². The van der Waals surface area contributed by atoms with Crippen molar-refractivity contribution in [3.8, 4) is 5.75 Å². The third-order valence-electron chi connectivity index (χ3n) is 3.95. The maximum absolute atomic E-state index is 6.34. The highest BCUT2D eigenvalue weighted by molar-refractivity contribution is 5.35. The number of rotatable bonds is 5. The van der Waals surface area contributed by atoms with Crippen molar-refractivity contribution in [2.24, 2.45) is 5.73 Å². The molecule has 0 amide bonds. The summed E-state index contributed by atoms with van der Waals surface area (Å²) >= 11 is 0. The van der Waals surface area contributed by atoms with E-state index in [0.29, 0.717) is 0 Å². The van der Waals surface area contributed by atoms with E-state index in [1.54, 1.807) is 7.11 Å². The Morgan fingerprint density at radius 1 is 1.05 bits per heavy atom. The van der Waals surface area contributed by atoms with Crippen LogP contribution in [0.5, 0.6) is 5.75 Å². The molecule has 0 spiro atoms. The van der Waals surface area contributed by atoms with Gasteiger partial charge in [0.1, 0.15) is 5.75 Å². The minimum Gasteiger partial charge on any atom is -0.497 e. The summed E-state index contributed by atoms with van der Waals surface area (Å²) in [5.41, 5.74) is 11.5. The van der Waals surface area contributed by atoms with Gasteiger partial charge in [-0.3, -0.25) is 0 Å². The molecular formula is C18H23NO. The second-order valence-electron chi connectivity index (χ2n) is 5.28. The predicted molar refractivity (Wildman–Crippen MR) is 84.2 cm³/mol. The minimum absolute atomic E-state index is 0.0944. The molecule has 106 valence electrons. The SMILES string of the molecule is COc1ccc(CCC(N)c2cccc(C)c2C)cc1. The molecule has 0 aromatic heterocycles. The van der Waals surface area contributed by atoms with E-state index in [4.69, 9.17) is 10.5 Å². The molecule has 2 nitrogen and oxygen atoms in total. The van der Waals surface area contributed by atoms with E-state index in [-0.39, 0.29) is 6.04 Å². The highest BCUT2D eigenvalue weighted by Crippen LogP contribution is 2.23. The number of hydrogen-bond acceptors (Lipinski definition) is 2. The van der Waals surface area contributed by atoms with Crippen molar-refractivity contribution in [1.29, 1.82) is 0 Å². The van der Waals surface area contributed by atoms with E-state index in [0.717, 1.165) is 18.6 Å². The first-order valence-corrected chi connectivity index (χ1v) is 7.06. The maximum atomic E-state index is 6.34. The molecule has 0 heterocycles. The Balaban J connectivity index is 2.00. The standard InChI is InChI=1S/C18H23NO/c1-13-5-4-6-17(14(13)2)18(19)12-9-15-7-10-16(20-3)11-8-15/h4-8,10-11,18H,9,12,19H2,1-3H3. The number of benzene rings is 2. The van der Waals surface area contributed by atoms with Crippen LogP contribution in [0.1, 0.15) is 34.7 Å². The number of methoxy groups -OCH3 is 1. The van der Waals surface area contributed by atoms with E-state index < -0.39 is 0 Å². The van der Waals surface area contributed by atoms with Gasteiger partial charge in [0.05, 0.1) is 7.11 Å². The molecule has 0 aliphatic rings. The first-order valence-electron chi connectivity index (χ1n) is 7.06. The van der Waals surface area contributed by atoms with Gasteiger partial charge in [-0.05, 0) is 61.1 Å². The van der Waals surface area contributed by atoms with Gasteiger partial charge in [-0.2, -0.15) is 0 Å². The molecule has 0 radical (unpaired) electrons. The van der Waals surface area contributed by atoms with Crippen LogP contribution in [-0.2, 0) is 6.42 Å². The summed E-state index contributed by atoms with van der Waals surface area (Å²) in [6.07, 6.45) is 1.94. The number of aryl methyl sites for hydroxylation is 2. The molecule has 2 N–H and O–H groups in total. The Kier molecular flexibility index (Phi) is 4.80. The molecule has 0 fully saturated rings. The fourth-order valence-corrected chi connectivity index (χ4v) is 2.45. The van der Waals surface area contributed by atoms with Crippen LogP contribution in [0.3, 0.4) is 0 Å². The lowest BCUT2D eigenvalue weighted by Gasteiger charge is -2.16. The smallest absolute Gasteiger partial charge is 0.118 e. The fraction of sp³-hybridized carbons (Fsp3) is 0.333. The van der Waals surface area contributed by atoms with Crippen LogP contribution in [0.25, 0.3) is 0 Å². The normalized spacial score (nSPS) is 12.2. The van der Waals surface area contributed by atoms with Gasteiger partial charge in [-0.15, -0.1) is 0 Å². The minimum atomic E-state index is 0.0944. The summed E-state index contributed by atoms with van der Waals surface area (Å²) < 4.78 is 5.17. The number of nitrogens with two attached hydrogens (primary N) is 1. The summed E-state index contributed by atoms with van der Waals surface area (Å²) in [6.45, 7) is 4.28. The summed E-state index contributed by atoms with van der Waals surface area (Å²) in [7, 11) is 1.69. The Labute approximate surface area is 121 Å². The van der Waals surface area contributed by atoms with Gasteiger partial charge in [0.25, 0.3) is 0 Å². The Hall–Kier alpha value is -1.80. The van der Waals surface area contributed by atoms with Crippen molar-refractivity contribution in [3.63, 3.8) is 0 Å². The fourth-order valence-electron chi connectivity index (χ4n) is 2.45. The van der Waals surface area contributed by atoms with Crippen LogP contribution in [0.4, 0.5) is 0 Å². The zero-order valence-electron chi connectivity index (χ0n) is 12.5. The highest BCUT2D eigenvalue weighted by Gasteiger charge is 2.10. The largest absolute Gasteiger partial charge is 0.497 e. The van der Waals surface area contributed by atoms with E-state index in [1.165, 1.54) is 22.3 Å². The average molecular weight is 269 g/mol. The van der Waals surface area contributed by atoms with Gasteiger partial charge >= 0.3 is 0 Å². The van der Waals surface area contributed by atoms with Crippen LogP contribution < -0.4 is 10.5 Å². The second-order valence-corrected chi connectivity index (χ2v) is 5.28. The molecule has 2 aromatic rings. The molecule has 1 unspecified atom stereocenters. The van der Waals surface area contributed by atoms with E-state index in [1.807, 2.05) is 12.1 Å². The Morgan fingerprint density at radius 2 is 1.75 bits per heavy atom. The number of ether oxygens (including phenoxy) is 1. The van der Waals surface area contributed by atoms with Crippen molar-refractivity contribution in [3.05, 3.63) is 64.7 Å². The summed E-state index contributed by atoms with van der Waals surface area (Å²) in [5, 5.41) is 0. The lowest BCUT2D eigenvalue weighted by atomic mass is 9.94. The van der Waals surface area contributed by atoms with E-state index in [9.17, 15) is 0 Å². The quantitative estimate of drug-likeness (QED) is 0.892. The van der Waals surface area contributed by atoms with Gasteiger partial charge in [0, 0.05) is 6.04 Å². The molecule has 20 heavy (non-hydrogen) atoms. The third-order valence-corrected chi connectivity index (χ3v) is 3.95. The molecule has 0 bridgehead atoms. The maximum Gasteiger partial charge on any atom is 0.118 e. The monoisotopic (exact) mass is 269 g/mol. The van der Waals surface area contributed by atoms with Crippen molar-refractivity contribution < 1.29 is 4.74 Å². The van der Waals surface area contributed by atoms with Gasteiger partial charge in [0.15, 0.2) is 0 Å². The van der Waals surface area contributed by atoms with Crippen molar-refractivity contribution >= 4 is 0 Å². The van der Waals surface area contributed by atoms with Crippen molar-refractivity contribution in [1.82, 2.24) is 0 Å². The highest BCUT2D eigenvalue weighted by atomic mass is 16.5. The van der Waals surface area contributed by atoms with Crippen LogP contribution >= 0.6 is 0 Å². The molecule has 2 heteroatoms. The summed E-state index contributed by atoms with van der Waals surface area (Å²) in [6, 6.07) is 14.7. The van der Waals surface area contributed by atoms with Crippen LogP contribution in [0, 0.1) is 13.8 Å². The second kappa shape index (κ2) is 6.58. The van der Waals surface area contributed by atoms with Gasteiger partial charge in [0.2, 0.25) is 0 Å². The molecule has 1 atom stereocenters. The lowest BCUT2D eigenvalue weighted by molar-refractivity contribution is 0.414. The molecule has 2 aromatic carbocycles. The van der Waals surface area contributed by atoms with Crippen molar-refractivity contribution in [2.45, 2.75) is 32.7 Å². The Morgan fingerprint density at radius 3 is 2.40 bits per heavy atom. The van der Waals surface area contributed by atoms with Gasteiger partial charge in [-0.25, -0.2) is 0 Å². The van der Waals surface area contributed by atoms with E-state index in [2.05, 4.69) is 44.2 Å². The first kappa shape index (κ1) is 14.6.